The third-order valence-electron chi connectivity index (χ3n) is 2.81. The van der Waals surface area contributed by atoms with Gasteiger partial charge in [-0.15, -0.1) is 0 Å². The average Bonchev–Trinajstić information content (AvgIpc) is 2.28. The molecule has 0 rings (SSSR count). The monoisotopic (exact) mass is 258 g/mol. The second-order valence-electron chi connectivity index (χ2n) is 4.56. The van der Waals surface area contributed by atoms with Gasteiger partial charge >= 0.3 is 5.97 Å². The SMILES string of the molecule is C=C(C)C(=O)OC(CCC)[SiH2]C(CC)COC. The zero-order valence-corrected chi connectivity index (χ0v) is 13.0. The molecule has 0 aromatic rings. The van der Waals surface area contributed by atoms with E-state index in [1.54, 1.807) is 14.0 Å². The zero-order chi connectivity index (χ0) is 13.3. The molecule has 0 heterocycles. The smallest absolute Gasteiger partial charge is 0.333 e. The van der Waals surface area contributed by atoms with Crippen molar-refractivity contribution in [2.45, 2.75) is 51.3 Å². The highest BCUT2D eigenvalue weighted by molar-refractivity contribution is 6.39. The van der Waals surface area contributed by atoms with Crippen molar-refractivity contribution in [1.29, 1.82) is 0 Å². The molecule has 0 saturated heterocycles. The van der Waals surface area contributed by atoms with E-state index in [4.69, 9.17) is 9.47 Å². The fraction of sp³-hybridized carbons (Fsp3) is 0.769. The van der Waals surface area contributed by atoms with Crippen LogP contribution >= 0.6 is 0 Å². The predicted octanol–water partition coefficient (Wildman–Crippen LogP) is 2.25. The molecule has 0 bridgehead atoms. The predicted molar refractivity (Wildman–Crippen MR) is 74.1 cm³/mol. The largest absolute Gasteiger partial charge is 0.464 e. The zero-order valence-electron chi connectivity index (χ0n) is 11.6. The van der Waals surface area contributed by atoms with Crippen LogP contribution in [0.2, 0.25) is 5.54 Å². The summed E-state index contributed by atoms with van der Waals surface area (Å²) in [7, 11) is 1.26. The number of hydrogen-bond acceptors (Lipinski definition) is 3. The van der Waals surface area contributed by atoms with Crippen LogP contribution < -0.4 is 0 Å². The van der Waals surface area contributed by atoms with Gasteiger partial charge in [-0.2, -0.15) is 0 Å². The Hall–Kier alpha value is -0.613. The van der Waals surface area contributed by atoms with Gasteiger partial charge in [0.15, 0.2) is 0 Å². The van der Waals surface area contributed by atoms with E-state index in [9.17, 15) is 4.79 Å². The minimum absolute atomic E-state index is 0.129. The van der Waals surface area contributed by atoms with Crippen LogP contribution in [0.15, 0.2) is 12.2 Å². The van der Waals surface area contributed by atoms with Gasteiger partial charge in [-0.25, -0.2) is 4.79 Å². The Balaban J connectivity index is 4.30. The molecule has 4 heteroatoms. The minimum atomic E-state index is -0.467. The Kier molecular flexibility index (Phi) is 9.08. The van der Waals surface area contributed by atoms with Crippen LogP contribution in [0.5, 0.6) is 0 Å². The van der Waals surface area contributed by atoms with Crippen molar-refractivity contribution in [2.75, 3.05) is 13.7 Å². The van der Waals surface area contributed by atoms with Gasteiger partial charge in [0.25, 0.3) is 0 Å². The molecule has 0 radical (unpaired) electrons. The van der Waals surface area contributed by atoms with Gasteiger partial charge in [0, 0.05) is 19.3 Å². The van der Waals surface area contributed by atoms with Gasteiger partial charge in [-0.05, 0) is 18.9 Å². The van der Waals surface area contributed by atoms with Crippen molar-refractivity contribution in [3.8, 4) is 0 Å². The standard InChI is InChI=1S/C13H26O3Si/c1-6-8-12(16-13(14)10(3)4)17-11(7-2)9-15-5/h11-12H,3,6-9,17H2,1-2,4-5H3. The number of hydrogen-bond donors (Lipinski definition) is 0. The van der Waals surface area contributed by atoms with E-state index in [1.807, 2.05) is 0 Å². The number of esters is 1. The highest BCUT2D eigenvalue weighted by atomic mass is 28.2. The second-order valence-corrected chi connectivity index (χ2v) is 7.10. The van der Waals surface area contributed by atoms with Crippen molar-refractivity contribution in [3.63, 3.8) is 0 Å². The molecular formula is C13H26O3Si. The molecule has 0 amide bonds. The molecule has 100 valence electrons. The average molecular weight is 258 g/mol. The van der Waals surface area contributed by atoms with Crippen LogP contribution in [-0.2, 0) is 14.3 Å². The van der Waals surface area contributed by atoms with Crippen LogP contribution in [0.1, 0.15) is 40.0 Å². The van der Waals surface area contributed by atoms with E-state index in [1.165, 1.54) is 0 Å². The molecule has 2 unspecified atom stereocenters. The van der Waals surface area contributed by atoms with Crippen LogP contribution in [0.3, 0.4) is 0 Å². The van der Waals surface area contributed by atoms with E-state index in [2.05, 4.69) is 20.4 Å². The summed E-state index contributed by atoms with van der Waals surface area (Å²) in [5.41, 5.74) is 1.21. The maximum atomic E-state index is 11.5. The summed E-state index contributed by atoms with van der Waals surface area (Å²) in [6.45, 7) is 10.4. The molecule has 0 spiro atoms. The number of ether oxygens (including phenoxy) is 2. The van der Waals surface area contributed by atoms with Gasteiger partial charge in [0.1, 0.15) is 0 Å². The molecule has 0 N–H and O–H groups in total. The molecule has 0 aliphatic rings. The highest BCUT2D eigenvalue weighted by Crippen LogP contribution is 2.15. The molecule has 0 aliphatic carbocycles. The molecule has 0 aromatic carbocycles. The van der Waals surface area contributed by atoms with Crippen LogP contribution in [-0.4, -0.2) is 34.9 Å². The summed E-state index contributed by atoms with van der Waals surface area (Å²) < 4.78 is 10.7. The fourth-order valence-corrected chi connectivity index (χ4v) is 4.10. The van der Waals surface area contributed by atoms with E-state index in [-0.39, 0.29) is 11.7 Å². The topological polar surface area (TPSA) is 35.5 Å². The fourth-order valence-electron chi connectivity index (χ4n) is 1.76. The van der Waals surface area contributed by atoms with Crippen molar-refractivity contribution in [2.24, 2.45) is 0 Å². The number of rotatable bonds is 9. The van der Waals surface area contributed by atoms with Gasteiger partial charge in [-0.1, -0.05) is 33.3 Å². The van der Waals surface area contributed by atoms with Gasteiger partial charge < -0.3 is 9.47 Å². The molecule has 2 atom stereocenters. The van der Waals surface area contributed by atoms with Crippen LogP contribution in [0, 0.1) is 0 Å². The Morgan fingerprint density at radius 1 is 1.41 bits per heavy atom. The van der Waals surface area contributed by atoms with E-state index >= 15 is 0 Å². The van der Waals surface area contributed by atoms with E-state index < -0.39 is 9.52 Å². The first kappa shape index (κ1) is 16.4. The molecule has 0 fully saturated rings. The lowest BCUT2D eigenvalue weighted by atomic mass is 10.3. The lowest BCUT2D eigenvalue weighted by Crippen LogP contribution is -2.29. The molecule has 0 aliphatic heterocycles. The molecule has 0 saturated carbocycles. The normalized spacial score (nSPS) is 14.8. The second kappa shape index (κ2) is 9.42. The number of carbonyl (C=O) groups excluding carboxylic acids is 1. The number of methoxy groups -OCH3 is 1. The minimum Gasteiger partial charge on any atom is -0.464 e. The van der Waals surface area contributed by atoms with Crippen LogP contribution in [0.25, 0.3) is 0 Å². The summed E-state index contributed by atoms with van der Waals surface area (Å²) in [5, 5.41) is 0. The Morgan fingerprint density at radius 2 is 2.06 bits per heavy atom. The van der Waals surface area contributed by atoms with E-state index in [0.29, 0.717) is 11.1 Å². The first-order valence-corrected chi connectivity index (χ1v) is 8.03. The van der Waals surface area contributed by atoms with Crippen molar-refractivity contribution < 1.29 is 14.3 Å². The lowest BCUT2D eigenvalue weighted by Gasteiger charge is -2.21. The lowest BCUT2D eigenvalue weighted by molar-refractivity contribution is -0.141. The highest BCUT2D eigenvalue weighted by Gasteiger charge is 2.19. The van der Waals surface area contributed by atoms with Crippen molar-refractivity contribution in [1.82, 2.24) is 0 Å². The van der Waals surface area contributed by atoms with Gasteiger partial charge in [0.2, 0.25) is 0 Å². The summed E-state index contributed by atoms with van der Waals surface area (Å²) in [5.74, 6) is -0.247. The maximum absolute atomic E-state index is 11.5. The molecule has 3 nitrogen and oxygen atoms in total. The third kappa shape index (κ3) is 7.34. The Labute approximate surface area is 107 Å². The van der Waals surface area contributed by atoms with Gasteiger partial charge in [-0.3, -0.25) is 0 Å². The quantitative estimate of drug-likeness (QED) is 0.361. The van der Waals surface area contributed by atoms with Crippen molar-refractivity contribution in [3.05, 3.63) is 12.2 Å². The van der Waals surface area contributed by atoms with Gasteiger partial charge in [0.05, 0.1) is 15.2 Å². The Bertz CT molecular complexity index is 241. The summed E-state index contributed by atoms with van der Waals surface area (Å²) in [6, 6.07) is 0. The molecular weight excluding hydrogens is 232 g/mol. The summed E-state index contributed by atoms with van der Waals surface area (Å²) in [4.78, 5) is 11.5. The first-order chi connectivity index (χ1) is 8.04. The number of carbonyl (C=O) groups is 1. The van der Waals surface area contributed by atoms with Crippen molar-refractivity contribution >= 4 is 15.5 Å². The van der Waals surface area contributed by atoms with E-state index in [0.717, 1.165) is 25.9 Å². The first-order valence-electron chi connectivity index (χ1n) is 6.40. The third-order valence-corrected chi connectivity index (χ3v) is 5.39. The van der Waals surface area contributed by atoms with Crippen LogP contribution in [0.4, 0.5) is 0 Å². The Morgan fingerprint density at radius 3 is 2.47 bits per heavy atom. The molecule has 0 aromatic heterocycles. The summed E-state index contributed by atoms with van der Waals surface area (Å²) >= 11 is 0. The maximum Gasteiger partial charge on any atom is 0.333 e. The molecule has 17 heavy (non-hydrogen) atoms. The summed E-state index contributed by atoms with van der Waals surface area (Å²) in [6.07, 6.45) is 3.11.